The third-order valence-corrected chi connectivity index (χ3v) is 27.5. The van der Waals surface area contributed by atoms with Gasteiger partial charge >= 0.3 is 0 Å². The van der Waals surface area contributed by atoms with Gasteiger partial charge in [0.2, 0.25) is 22.9 Å². The minimum Gasteiger partial charge on any atom is -0.435 e. The van der Waals surface area contributed by atoms with Crippen molar-refractivity contribution in [2.24, 2.45) is 28.2 Å². The molecule has 0 fully saturated rings. The van der Waals surface area contributed by atoms with E-state index in [4.69, 9.17) is 22.7 Å². The minimum absolute atomic E-state index is 0.0713. The van der Waals surface area contributed by atoms with Gasteiger partial charge in [-0.25, -0.2) is 29.9 Å². The van der Waals surface area contributed by atoms with Crippen molar-refractivity contribution in [2.75, 3.05) is 19.6 Å². The van der Waals surface area contributed by atoms with E-state index in [2.05, 4.69) is 404 Å². The van der Waals surface area contributed by atoms with Crippen molar-refractivity contribution in [2.45, 2.75) is 185 Å². The molecule has 652 valence electrons. The van der Waals surface area contributed by atoms with Crippen molar-refractivity contribution in [1.29, 1.82) is 0 Å². The molecule has 22 heteroatoms. The molecule has 16 heterocycles. The first-order valence-corrected chi connectivity index (χ1v) is 44.4. The molecule has 0 bridgehead atoms. The summed E-state index contributed by atoms with van der Waals surface area (Å²) in [5.74, 6) is 2.06. The van der Waals surface area contributed by atoms with Gasteiger partial charge in [-0.15, -0.1) is 0 Å². The number of hydrogen-bond acceptors (Lipinski definition) is 18. The van der Waals surface area contributed by atoms with Crippen molar-refractivity contribution < 1.29 is 17.7 Å². The Hall–Kier alpha value is -14.0. The van der Waals surface area contributed by atoms with Crippen LogP contribution in [0.4, 0.5) is 22.7 Å². The monoisotopic (exact) mass is 1700 g/mol. The van der Waals surface area contributed by atoms with Crippen molar-refractivity contribution in [3.63, 3.8) is 0 Å². The van der Waals surface area contributed by atoms with Crippen molar-refractivity contribution >= 4 is 133 Å². The molecule has 6 aromatic carbocycles. The Balaban J connectivity index is 0.000000111. The Morgan fingerprint density at radius 2 is 0.633 bits per heavy atom. The van der Waals surface area contributed by atoms with Crippen molar-refractivity contribution in [1.82, 2.24) is 67.8 Å². The maximum absolute atomic E-state index is 6.36. The highest BCUT2D eigenvalue weighted by Gasteiger charge is 2.44. The van der Waals surface area contributed by atoms with E-state index in [1.54, 1.807) is 0 Å². The Morgan fingerprint density at radius 3 is 0.977 bits per heavy atom. The van der Waals surface area contributed by atoms with E-state index in [1.807, 2.05) is 77.5 Å². The second kappa shape index (κ2) is 30.9. The Bertz CT molecular complexity index is 7130. The number of furan rings is 4. The van der Waals surface area contributed by atoms with Gasteiger partial charge < -0.3 is 75.1 Å². The molecular formula is C106H114N18O4. The smallest absolute Gasteiger partial charge is 0.227 e. The number of anilines is 4. The van der Waals surface area contributed by atoms with Gasteiger partial charge in [0.1, 0.15) is 36.3 Å². The number of fused-ring (bicyclic) bond motifs is 14. The quantitative estimate of drug-likeness (QED) is 0.113. The Morgan fingerprint density at radius 1 is 0.297 bits per heavy atom. The summed E-state index contributed by atoms with van der Waals surface area (Å²) in [5, 5.41) is 9.91. The molecule has 0 N–H and O–H groups in total. The number of pyridine rings is 4. The summed E-state index contributed by atoms with van der Waals surface area (Å²) in [4.78, 5) is 46.9. The normalized spacial score (nSPS) is 16.8. The molecule has 22 nitrogen and oxygen atoms in total. The van der Waals surface area contributed by atoms with E-state index in [0.29, 0.717) is 22.9 Å². The third-order valence-electron chi connectivity index (χ3n) is 27.5. The van der Waals surface area contributed by atoms with Crippen LogP contribution in [0.3, 0.4) is 0 Å². The standard InChI is InChI=1S/C29H30N4O.C28H29N5O.C25H28N4O.C24H27N5O/c1-18-11-13-22-23-14-12-19(2)30-28(23)34-27(22)26(18)32-15-16-33(20(32)3)29(4,5)25-17-21-9-7-8-10-24(21)31(25)6;1-17-11-13-20-21-14-12-18(2)29-26(21)34-25(20)24(17)32-15-16-33(19(32)3)28(4,5)27-30-22-9-7-8-10-23(22)31(27)6;1-16-9-11-19-20-12-10-17(2)26-24(20)30-23(19)22(16)28-14-15-29(18(28)3)25(4,5)21-8-7-13-27(21)6;1-15-7-9-18-19-10-8-16(2)26-22(19)30-21(18)20(15)28-13-14-29(17(28)3)24(4,5)23-25-11-12-27(23)6/h7-17,20H,1-6H3;7-16,19H,1-6H3;7-15,18H,1-6H3;7-14,17H,1-6H3/t20-;19-;18-;17-/m1111/s1. The highest BCUT2D eigenvalue weighted by atomic mass is 16.4. The molecule has 4 aliphatic rings. The van der Waals surface area contributed by atoms with Gasteiger partial charge in [0.15, 0.2) is 22.3 Å². The van der Waals surface area contributed by atoms with E-state index >= 15 is 0 Å². The lowest BCUT2D eigenvalue weighted by atomic mass is 9.97. The number of para-hydroxylation sites is 3. The molecule has 4 aliphatic heterocycles. The topological polar surface area (TPSA) is 176 Å². The molecule has 0 saturated heterocycles. The molecule has 0 saturated carbocycles. The van der Waals surface area contributed by atoms with E-state index in [9.17, 15) is 0 Å². The van der Waals surface area contributed by atoms with Gasteiger partial charge in [-0.05, 0) is 251 Å². The van der Waals surface area contributed by atoms with E-state index in [-0.39, 0.29) is 46.8 Å². The van der Waals surface area contributed by atoms with E-state index in [0.717, 1.165) is 134 Å². The lowest BCUT2D eigenvalue weighted by molar-refractivity contribution is 0.140. The lowest BCUT2D eigenvalue weighted by Crippen LogP contribution is -2.47. The lowest BCUT2D eigenvalue weighted by Gasteiger charge is -2.42. The number of benzene rings is 6. The molecule has 12 aromatic heterocycles. The van der Waals surface area contributed by atoms with Gasteiger partial charge in [0.05, 0.1) is 55.9 Å². The van der Waals surface area contributed by atoms with Gasteiger partial charge in [-0.3, -0.25) is 0 Å². The van der Waals surface area contributed by atoms with Crippen molar-refractivity contribution in [3.8, 4) is 0 Å². The fourth-order valence-corrected chi connectivity index (χ4v) is 20.8. The summed E-state index contributed by atoms with van der Waals surface area (Å²) in [6.07, 6.45) is 23.8. The largest absolute Gasteiger partial charge is 0.435 e. The van der Waals surface area contributed by atoms with Crippen LogP contribution in [0.25, 0.3) is 110 Å². The molecule has 0 aliphatic carbocycles. The molecule has 0 radical (unpaired) electrons. The average Bonchev–Trinajstić information content (AvgIpc) is 1.78. The zero-order chi connectivity index (χ0) is 90.0. The average molecular weight is 1700 g/mol. The van der Waals surface area contributed by atoms with Crippen LogP contribution >= 0.6 is 0 Å². The SMILES string of the molecule is Cc1ccc2c(n1)oc1c(N3C=CN(C(C)(C)c4cc5ccccc5n4C)[C@@H]3C)c(C)ccc12.Cc1ccc2c(n1)oc1c(N3C=CN(C(C)(C)c4cccn4C)[C@@H]3C)c(C)ccc12.Cc1ccc2c(n1)oc1c(N3C=CN(C(C)(C)c4nc5ccccc5n4C)[C@@H]3C)c(C)ccc12.Cc1ccc2c(n1)oc1c(N3C=CN(C(C)(C)c4nccn4C)[C@@H]3C)c(C)ccc12. The van der Waals surface area contributed by atoms with Crippen LogP contribution in [0, 0.1) is 55.4 Å². The molecule has 4 atom stereocenters. The summed E-state index contributed by atoms with van der Waals surface area (Å²) in [7, 11) is 8.41. The van der Waals surface area contributed by atoms with Gasteiger partial charge in [0.25, 0.3) is 0 Å². The van der Waals surface area contributed by atoms with Crippen LogP contribution < -0.4 is 19.6 Å². The molecule has 0 spiro atoms. The Kier molecular flexibility index (Phi) is 20.2. The predicted molar refractivity (Wildman–Crippen MR) is 520 cm³/mol. The van der Waals surface area contributed by atoms with Crippen molar-refractivity contribution in [3.05, 3.63) is 300 Å². The second-order valence-electron chi connectivity index (χ2n) is 37.3. The molecule has 128 heavy (non-hydrogen) atoms. The predicted octanol–water partition coefficient (Wildman–Crippen LogP) is 24.3. The van der Waals surface area contributed by atoms with E-state index in [1.165, 1.54) is 44.5 Å². The van der Waals surface area contributed by atoms with Crippen LogP contribution in [0.15, 0.2) is 250 Å². The first-order valence-electron chi connectivity index (χ1n) is 44.4. The van der Waals surface area contributed by atoms with Gasteiger partial charge in [-0.2, -0.15) is 0 Å². The van der Waals surface area contributed by atoms with E-state index < -0.39 is 0 Å². The first-order chi connectivity index (χ1) is 61.1. The third kappa shape index (κ3) is 13.5. The number of hydrogen-bond donors (Lipinski definition) is 0. The second-order valence-corrected chi connectivity index (χ2v) is 37.3. The fraction of sp³-hybridized carbons (Fsp3) is 0.302. The summed E-state index contributed by atoms with van der Waals surface area (Å²) in [6.45, 7) is 43.5. The highest BCUT2D eigenvalue weighted by molar-refractivity contribution is 6.12. The highest BCUT2D eigenvalue weighted by Crippen LogP contribution is 2.49. The summed E-state index contributed by atoms with van der Waals surface area (Å²) >= 11 is 0. The summed E-state index contributed by atoms with van der Waals surface area (Å²) in [5.41, 5.74) is 24.3. The zero-order valence-electron chi connectivity index (χ0n) is 77.9. The number of aromatic nitrogens is 10. The van der Waals surface area contributed by atoms with Crippen LogP contribution in [0.5, 0.6) is 0 Å². The minimum atomic E-state index is -0.327. The van der Waals surface area contributed by atoms with Gasteiger partial charge in [-0.1, -0.05) is 78.9 Å². The first kappa shape index (κ1) is 83.5. The molecular weight excluding hydrogens is 1590 g/mol. The molecule has 22 rings (SSSR count). The van der Waals surface area contributed by atoms with Crippen LogP contribution in [0.1, 0.15) is 151 Å². The zero-order valence-corrected chi connectivity index (χ0v) is 77.9. The number of aryl methyl sites for hydroxylation is 12. The van der Waals surface area contributed by atoms with Gasteiger partial charge in [0, 0.05) is 179 Å². The summed E-state index contributed by atoms with van der Waals surface area (Å²) < 4.78 is 34.1. The van der Waals surface area contributed by atoms with Crippen LogP contribution in [-0.4, -0.2) is 92.4 Å². The fourth-order valence-electron chi connectivity index (χ4n) is 20.8. The number of nitrogens with zero attached hydrogens (tertiary/aromatic N) is 18. The van der Waals surface area contributed by atoms with Crippen LogP contribution in [0.2, 0.25) is 0 Å². The maximum atomic E-state index is 6.36. The molecule has 0 unspecified atom stereocenters. The van der Waals surface area contributed by atoms with Crippen LogP contribution in [-0.2, 0) is 50.3 Å². The number of rotatable bonds is 12. The maximum Gasteiger partial charge on any atom is 0.227 e. The Labute approximate surface area is 747 Å². The molecule has 18 aromatic rings. The summed E-state index contributed by atoms with van der Waals surface area (Å²) in [6, 6.07) is 57.4. The molecule has 0 amide bonds. The number of imidazole rings is 2.